The third-order valence-electron chi connectivity index (χ3n) is 4.10. The molecule has 2 rings (SSSR count). The Morgan fingerprint density at radius 2 is 1.75 bits per heavy atom. The first kappa shape index (κ1) is 15.5. The highest BCUT2D eigenvalue weighted by Gasteiger charge is 2.35. The summed E-state index contributed by atoms with van der Waals surface area (Å²) in [7, 11) is -3.16. The normalized spacial score (nSPS) is 24.3. The van der Waals surface area contributed by atoms with Crippen molar-refractivity contribution < 1.29 is 13.5 Å². The highest BCUT2D eigenvalue weighted by Crippen LogP contribution is 2.31. The van der Waals surface area contributed by atoms with Gasteiger partial charge in [-0.25, -0.2) is 8.42 Å². The second-order valence-corrected chi connectivity index (χ2v) is 9.06. The van der Waals surface area contributed by atoms with Gasteiger partial charge in [-0.3, -0.25) is 0 Å². The molecule has 20 heavy (non-hydrogen) atoms. The summed E-state index contributed by atoms with van der Waals surface area (Å²) in [6, 6.07) is 7.67. The smallest absolute Gasteiger partial charge is 0.156 e. The lowest BCUT2D eigenvalue weighted by molar-refractivity contribution is 0.164. The van der Waals surface area contributed by atoms with Crippen LogP contribution in [-0.4, -0.2) is 24.5 Å². The largest absolute Gasteiger partial charge is 0.387 e. The lowest BCUT2D eigenvalue weighted by atomic mass is 9.86. The molecule has 0 bridgehead atoms. The Hall–Kier alpha value is -0.870. The van der Waals surface area contributed by atoms with Crippen LogP contribution in [0.15, 0.2) is 24.3 Å². The Morgan fingerprint density at radius 3 is 2.25 bits per heavy atom. The van der Waals surface area contributed by atoms with Gasteiger partial charge < -0.3 is 5.11 Å². The molecular formula is C16H24O3S. The van der Waals surface area contributed by atoms with Gasteiger partial charge in [0.1, 0.15) is 0 Å². The monoisotopic (exact) mass is 296 g/mol. The van der Waals surface area contributed by atoms with E-state index < -0.39 is 21.2 Å². The predicted octanol–water partition coefficient (Wildman–Crippen LogP) is 2.98. The first-order chi connectivity index (χ1) is 9.22. The van der Waals surface area contributed by atoms with Crippen LogP contribution in [0.25, 0.3) is 0 Å². The van der Waals surface area contributed by atoms with Gasteiger partial charge in [-0.1, -0.05) is 51.5 Å². The summed E-state index contributed by atoms with van der Waals surface area (Å²) in [4.78, 5) is 0. The summed E-state index contributed by atoms with van der Waals surface area (Å²) in [5.41, 5.74) is 1.94. The fourth-order valence-electron chi connectivity index (χ4n) is 2.73. The molecule has 0 aromatic heterocycles. The Kier molecular flexibility index (Phi) is 4.26. The van der Waals surface area contributed by atoms with Gasteiger partial charge in [-0.05, 0) is 29.4 Å². The zero-order valence-corrected chi connectivity index (χ0v) is 13.3. The SMILES string of the molecule is CC(C)(C)c1ccc(C(O)C2CCCCS2(=O)=O)cc1. The second-order valence-electron chi connectivity index (χ2n) is 6.72. The predicted molar refractivity (Wildman–Crippen MR) is 81.5 cm³/mol. The van der Waals surface area contributed by atoms with Crippen molar-refractivity contribution in [1.29, 1.82) is 0 Å². The minimum absolute atomic E-state index is 0.0559. The summed E-state index contributed by atoms with van der Waals surface area (Å²) in [5, 5.41) is 9.75. The molecule has 4 heteroatoms. The minimum atomic E-state index is -3.16. The molecule has 3 nitrogen and oxygen atoms in total. The van der Waals surface area contributed by atoms with E-state index in [1.165, 1.54) is 5.56 Å². The van der Waals surface area contributed by atoms with Gasteiger partial charge in [0.25, 0.3) is 0 Å². The van der Waals surface area contributed by atoms with Crippen LogP contribution in [-0.2, 0) is 15.3 Å². The van der Waals surface area contributed by atoms with Gasteiger partial charge in [-0.2, -0.15) is 0 Å². The summed E-state index contributed by atoms with van der Waals surface area (Å²) in [6.07, 6.45) is 1.24. The van der Waals surface area contributed by atoms with Gasteiger partial charge in [0.2, 0.25) is 0 Å². The van der Waals surface area contributed by atoms with Crippen molar-refractivity contribution in [2.75, 3.05) is 5.75 Å². The molecule has 1 aromatic rings. The van der Waals surface area contributed by atoms with Crippen molar-refractivity contribution in [3.05, 3.63) is 35.4 Å². The van der Waals surface area contributed by atoms with Crippen molar-refractivity contribution in [2.45, 2.75) is 56.8 Å². The number of rotatable bonds is 2. The average Bonchev–Trinajstić information content (AvgIpc) is 2.36. The van der Waals surface area contributed by atoms with E-state index in [2.05, 4.69) is 20.8 Å². The molecule has 1 aromatic carbocycles. The van der Waals surface area contributed by atoms with Gasteiger partial charge in [0, 0.05) is 0 Å². The maximum Gasteiger partial charge on any atom is 0.156 e. The zero-order valence-electron chi connectivity index (χ0n) is 12.5. The summed E-state index contributed by atoms with van der Waals surface area (Å²) < 4.78 is 24.1. The van der Waals surface area contributed by atoms with E-state index in [9.17, 15) is 13.5 Å². The fraction of sp³-hybridized carbons (Fsp3) is 0.625. The molecule has 112 valence electrons. The van der Waals surface area contributed by atoms with Crippen LogP contribution in [0.1, 0.15) is 57.3 Å². The van der Waals surface area contributed by atoms with Gasteiger partial charge in [-0.15, -0.1) is 0 Å². The van der Waals surface area contributed by atoms with Crippen molar-refractivity contribution in [1.82, 2.24) is 0 Å². The van der Waals surface area contributed by atoms with Crippen molar-refractivity contribution in [3.8, 4) is 0 Å². The van der Waals surface area contributed by atoms with Gasteiger partial charge >= 0.3 is 0 Å². The molecule has 0 aliphatic carbocycles. The quantitative estimate of drug-likeness (QED) is 0.913. The van der Waals surface area contributed by atoms with E-state index >= 15 is 0 Å². The van der Waals surface area contributed by atoms with E-state index in [0.29, 0.717) is 18.4 Å². The van der Waals surface area contributed by atoms with E-state index in [-0.39, 0.29) is 11.2 Å². The molecule has 2 atom stereocenters. The summed E-state index contributed by atoms with van der Waals surface area (Å²) >= 11 is 0. The van der Waals surface area contributed by atoms with Crippen LogP contribution >= 0.6 is 0 Å². The first-order valence-corrected chi connectivity index (χ1v) is 8.93. The van der Waals surface area contributed by atoms with Crippen LogP contribution in [0.5, 0.6) is 0 Å². The molecule has 1 N–H and O–H groups in total. The molecule has 1 aliphatic heterocycles. The molecule has 2 unspecified atom stereocenters. The minimum Gasteiger partial charge on any atom is -0.387 e. The van der Waals surface area contributed by atoms with E-state index in [1.54, 1.807) is 0 Å². The molecule has 0 amide bonds. The maximum absolute atomic E-state index is 12.1. The molecule has 1 aliphatic rings. The number of aliphatic hydroxyl groups is 1. The second kappa shape index (κ2) is 5.49. The topological polar surface area (TPSA) is 54.4 Å². The number of aliphatic hydroxyl groups excluding tert-OH is 1. The summed E-state index contributed by atoms with van der Waals surface area (Å²) in [5.74, 6) is 0.203. The molecule has 1 fully saturated rings. The lowest BCUT2D eigenvalue weighted by Crippen LogP contribution is -2.33. The number of sulfone groups is 1. The standard InChI is InChI=1S/C16H24O3S/c1-16(2,3)13-9-7-12(8-10-13)15(17)14-6-4-5-11-20(14,18)19/h7-10,14-15,17H,4-6,11H2,1-3H3. The third kappa shape index (κ3) is 3.23. The molecule has 0 saturated carbocycles. The molecule has 0 spiro atoms. The van der Waals surface area contributed by atoms with E-state index in [1.807, 2.05) is 24.3 Å². The molecule has 1 saturated heterocycles. The molecule has 0 radical (unpaired) electrons. The van der Waals surface area contributed by atoms with Crippen LogP contribution in [0.4, 0.5) is 0 Å². The average molecular weight is 296 g/mol. The summed E-state index contributed by atoms with van der Waals surface area (Å²) in [6.45, 7) is 6.39. The van der Waals surface area contributed by atoms with Crippen LogP contribution in [0, 0.1) is 0 Å². The molecular weight excluding hydrogens is 272 g/mol. The zero-order chi connectivity index (χ0) is 15.0. The van der Waals surface area contributed by atoms with Crippen molar-refractivity contribution in [2.24, 2.45) is 0 Å². The van der Waals surface area contributed by atoms with Crippen molar-refractivity contribution in [3.63, 3.8) is 0 Å². The number of hydrogen-bond acceptors (Lipinski definition) is 3. The lowest BCUT2D eigenvalue weighted by Gasteiger charge is -2.27. The van der Waals surface area contributed by atoms with Crippen LogP contribution in [0.3, 0.4) is 0 Å². The Balaban J connectivity index is 2.23. The molecule has 1 heterocycles. The van der Waals surface area contributed by atoms with Crippen LogP contribution < -0.4 is 0 Å². The first-order valence-electron chi connectivity index (χ1n) is 7.22. The Labute approximate surface area is 121 Å². The number of benzene rings is 1. The number of hydrogen-bond donors (Lipinski definition) is 1. The highest BCUT2D eigenvalue weighted by atomic mass is 32.2. The van der Waals surface area contributed by atoms with Crippen molar-refractivity contribution >= 4 is 9.84 Å². The van der Waals surface area contributed by atoms with E-state index in [0.717, 1.165) is 6.42 Å². The highest BCUT2D eigenvalue weighted by molar-refractivity contribution is 7.92. The fourth-order valence-corrected chi connectivity index (χ4v) is 4.71. The third-order valence-corrected chi connectivity index (χ3v) is 6.37. The maximum atomic E-state index is 12.1. The Morgan fingerprint density at radius 1 is 1.15 bits per heavy atom. The van der Waals surface area contributed by atoms with Gasteiger partial charge in [0.05, 0.1) is 17.1 Å². The van der Waals surface area contributed by atoms with Gasteiger partial charge in [0.15, 0.2) is 9.84 Å². The van der Waals surface area contributed by atoms with Crippen LogP contribution in [0.2, 0.25) is 0 Å². The van der Waals surface area contributed by atoms with E-state index in [4.69, 9.17) is 0 Å². The Bertz CT molecular complexity index is 552.